The van der Waals surface area contributed by atoms with Crippen molar-refractivity contribution in [1.29, 1.82) is 0 Å². The van der Waals surface area contributed by atoms with Gasteiger partial charge in [-0.2, -0.15) is 0 Å². The molecule has 2 rings (SSSR count). The van der Waals surface area contributed by atoms with Crippen LogP contribution in [-0.2, 0) is 14.8 Å². The molecule has 0 saturated carbocycles. The van der Waals surface area contributed by atoms with E-state index in [-0.39, 0.29) is 16.4 Å². The Labute approximate surface area is 158 Å². The van der Waals surface area contributed by atoms with Crippen molar-refractivity contribution in [2.45, 2.75) is 18.7 Å². The predicted molar refractivity (Wildman–Crippen MR) is 96.3 cm³/mol. The first kappa shape index (κ1) is 19.8. The first-order valence-electron chi connectivity index (χ1n) is 7.17. The Morgan fingerprint density at radius 3 is 2.27 bits per heavy atom. The summed E-state index contributed by atoms with van der Waals surface area (Å²) < 4.78 is 31.9. The zero-order valence-electron chi connectivity index (χ0n) is 14.0. The molecule has 2 N–H and O–H groups in total. The number of hydrogen-bond donors (Lipinski definition) is 2. The van der Waals surface area contributed by atoms with E-state index >= 15 is 0 Å². The summed E-state index contributed by atoms with van der Waals surface area (Å²) in [6.07, 6.45) is 0. The van der Waals surface area contributed by atoms with Crippen LogP contribution in [-0.4, -0.2) is 37.5 Å². The molecule has 138 valence electrons. The molecule has 0 aliphatic carbocycles. The maximum Gasteiger partial charge on any atom is 0.339 e. The van der Waals surface area contributed by atoms with Gasteiger partial charge in [0.2, 0.25) is 5.95 Å². The molecule has 1 heterocycles. The Balaban J connectivity index is 2.25. The van der Waals surface area contributed by atoms with E-state index in [1.165, 1.54) is 24.3 Å². The summed E-state index contributed by atoms with van der Waals surface area (Å²) in [6.45, 7) is 3.40. The van der Waals surface area contributed by atoms with Crippen LogP contribution in [0.15, 0.2) is 33.6 Å². The van der Waals surface area contributed by atoms with Crippen LogP contribution in [0.1, 0.15) is 21.7 Å². The van der Waals surface area contributed by atoms with Crippen molar-refractivity contribution in [2.24, 2.45) is 0 Å². The summed E-state index contributed by atoms with van der Waals surface area (Å²) in [6, 6.07) is 4.30. The van der Waals surface area contributed by atoms with Crippen molar-refractivity contribution >= 4 is 43.9 Å². The quantitative estimate of drug-likeness (QED) is 0.694. The lowest BCUT2D eigenvalue weighted by atomic mass is 10.2. The van der Waals surface area contributed by atoms with E-state index in [0.717, 1.165) is 7.11 Å². The molecule has 0 aliphatic rings. The number of aryl methyl sites for hydroxylation is 2. The van der Waals surface area contributed by atoms with Gasteiger partial charge in [0, 0.05) is 0 Å². The van der Waals surface area contributed by atoms with Gasteiger partial charge in [-0.1, -0.05) is 12.1 Å². The normalized spacial score (nSPS) is 10.9. The lowest BCUT2D eigenvalue weighted by molar-refractivity contribution is 0.0596. The number of benzene rings is 1. The zero-order valence-corrected chi connectivity index (χ0v) is 16.4. The highest BCUT2D eigenvalue weighted by molar-refractivity contribution is 9.10. The first-order chi connectivity index (χ1) is 12.2. The molecule has 0 bridgehead atoms. The number of esters is 1. The largest absolute Gasteiger partial charge is 0.465 e. The van der Waals surface area contributed by atoms with Crippen molar-refractivity contribution in [2.75, 3.05) is 12.4 Å². The molecule has 9 nitrogen and oxygen atoms in total. The Bertz CT molecular complexity index is 955. The second kappa shape index (κ2) is 7.79. The van der Waals surface area contributed by atoms with Crippen molar-refractivity contribution in [1.82, 2.24) is 14.7 Å². The molecular weight excluding hydrogens is 428 g/mol. The highest BCUT2D eigenvalue weighted by Gasteiger charge is 2.25. The minimum atomic E-state index is -4.32. The number of aromatic nitrogens is 2. The maximum atomic E-state index is 12.4. The van der Waals surface area contributed by atoms with Gasteiger partial charge < -0.3 is 4.74 Å². The molecule has 11 heteroatoms. The Kier molecular flexibility index (Phi) is 5.93. The summed E-state index contributed by atoms with van der Waals surface area (Å²) in [4.78, 5) is 31.5. The number of halogens is 1. The van der Waals surface area contributed by atoms with Gasteiger partial charge in [0.25, 0.3) is 10.0 Å². The van der Waals surface area contributed by atoms with Gasteiger partial charge in [-0.05, 0) is 41.9 Å². The average Bonchev–Trinajstić information content (AvgIpc) is 2.58. The summed E-state index contributed by atoms with van der Waals surface area (Å²) in [5.41, 5.74) is 0.959. The van der Waals surface area contributed by atoms with Gasteiger partial charge in [0.15, 0.2) is 0 Å². The number of methoxy groups -OCH3 is 1. The number of nitrogens with one attached hydrogen (secondary N) is 2. The highest BCUT2D eigenvalue weighted by Crippen LogP contribution is 2.19. The second-order valence-electron chi connectivity index (χ2n) is 5.08. The minimum absolute atomic E-state index is 0.0582. The molecule has 0 spiro atoms. The van der Waals surface area contributed by atoms with Crippen LogP contribution in [0, 0.1) is 13.8 Å². The van der Waals surface area contributed by atoms with Crippen LogP contribution in [0.2, 0.25) is 0 Å². The number of sulfonamides is 1. The van der Waals surface area contributed by atoms with Crippen LogP contribution < -0.4 is 10.0 Å². The van der Waals surface area contributed by atoms with E-state index < -0.39 is 22.0 Å². The fourth-order valence-corrected chi connectivity index (χ4v) is 3.32. The standard InChI is InChI=1S/C15H15BrN4O5S/c1-8-12(16)9(2)18-14(17-8)19-15(22)20-26(23,24)11-7-5-4-6-10(11)13(21)25-3/h4-7H,1-3H3,(H2,17,18,19,20,22). The molecule has 0 saturated heterocycles. The molecule has 0 fully saturated rings. The Hall–Kier alpha value is -2.53. The van der Waals surface area contributed by atoms with Gasteiger partial charge in [-0.3, -0.25) is 5.32 Å². The molecule has 0 aliphatic heterocycles. The average molecular weight is 443 g/mol. The van der Waals surface area contributed by atoms with Crippen LogP contribution in [0.4, 0.5) is 10.7 Å². The fourth-order valence-electron chi connectivity index (χ4n) is 2.04. The van der Waals surface area contributed by atoms with Crippen LogP contribution in [0.5, 0.6) is 0 Å². The van der Waals surface area contributed by atoms with Crippen molar-refractivity contribution in [3.63, 3.8) is 0 Å². The van der Waals surface area contributed by atoms with Gasteiger partial charge in [0.05, 0.1) is 28.5 Å². The molecule has 0 radical (unpaired) electrons. The lowest BCUT2D eigenvalue weighted by Crippen LogP contribution is -2.35. The minimum Gasteiger partial charge on any atom is -0.465 e. The fraction of sp³-hybridized carbons (Fsp3) is 0.200. The van der Waals surface area contributed by atoms with E-state index in [9.17, 15) is 18.0 Å². The Morgan fingerprint density at radius 1 is 1.12 bits per heavy atom. The van der Waals surface area contributed by atoms with Crippen LogP contribution in [0.25, 0.3) is 0 Å². The molecular formula is C15H15BrN4O5S. The highest BCUT2D eigenvalue weighted by atomic mass is 79.9. The number of ether oxygens (including phenoxy) is 1. The molecule has 26 heavy (non-hydrogen) atoms. The van der Waals surface area contributed by atoms with Gasteiger partial charge in [0.1, 0.15) is 4.90 Å². The van der Waals surface area contributed by atoms with Crippen LogP contribution >= 0.6 is 15.9 Å². The van der Waals surface area contributed by atoms with Crippen molar-refractivity contribution in [3.8, 4) is 0 Å². The van der Waals surface area contributed by atoms with Gasteiger partial charge >= 0.3 is 12.0 Å². The van der Waals surface area contributed by atoms with Crippen LogP contribution in [0.3, 0.4) is 0 Å². The molecule has 0 unspecified atom stereocenters. The number of carbonyl (C=O) groups is 2. The zero-order chi connectivity index (χ0) is 19.5. The number of hydrogen-bond acceptors (Lipinski definition) is 7. The van der Waals surface area contributed by atoms with E-state index in [1.54, 1.807) is 13.8 Å². The van der Waals surface area contributed by atoms with E-state index in [1.807, 2.05) is 4.72 Å². The van der Waals surface area contributed by atoms with Crippen molar-refractivity contribution < 1.29 is 22.7 Å². The topological polar surface area (TPSA) is 127 Å². The molecule has 1 aromatic heterocycles. The number of urea groups is 1. The summed E-state index contributed by atoms with van der Waals surface area (Å²) >= 11 is 3.29. The Morgan fingerprint density at radius 2 is 1.69 bits per heavy atom. The number of carbonyl (C=O) groups excluding carboxylic acids is 2. The monoisotopic (exact) mass is 442 g/mol. The SMILES string of the molecule is COC(=O)c1ccccc1S(=O)(=O)NC(=O)Nc1nc(C)c(Br)c(C)n1. The third kappa shape index (κ3) is 4.35. The predicted octanol–water partition coefficient (Wildman–Crippen LogP) is 2.15. The van der Waals surface area contributed by atoms with Gasteiger partial charge in [-0.25, -0.2) is 32.7 Å². The summed E-state index contributed by atoms with van der Waals surface area (Å²) in [7, 11) is -3.20. The molecule has 2 amide bonds. The lowest BCUT2D eigenvalue weighted by Gasteiger charge is -2.11. The number of anilines is 1. The first-order valence-corrected chi connectivity index (χ1v) is 9.45. The molecule has 0 atom stereocenters. The summed E-state index contributed by atoms with van der Waals surface area (Å²) in [5.74, 6) is -0.897. The summed E-state index contributed by atoms with van der Waals surface area (Å²) in [5, 5.41) is 2.25. The maximum absolute atomic E-state index is 12.4. The van der Waals surface area contributed by atoms with E-state index in [0.29, 0.717) is 15.9 Å². The molecule has 2 aromatic rings. The van der Waals surface area contributed by atoms with Gasteiger partial charge in [-0.15, -0.1) is 0 Å². The number of nitrogens with zero attached hydrogens (tertiary/aromatic N) is 2. The number of rotatable bonds is 4. The molecule has 1 aromatic carbocycles. The third-order valence-corrected chi connectivity index (χ3v) is 5.75. The third-order valence-electron chi connectivity index (χ3n) is 3.22. The number of amides is 2. The van der Waals surface area contributed by atoms with E-state index in [2.05, 4.69) is 36.0 Å². The second-order valence-corrected chi connectivity index (χ2v) is 7.52. The smallest absolute Gasteiger partial charge is 0.339 e. The van der Waals surface area contributed by atoms with E-state index in [4.69, 9.17) is 0 Å². The van der Waals surface area contributed by atoms with Crippen molar-refractivity contribution in [3.05, 3.63) is 45.7 Å².